The third kappa shape index (κ3) is 2.82. The minimum Gasteiger partial charge on any atom is -0.397 e. The molecular formula is C12H10BrN3O. The fourth-order valence-electron chi connectivity index (χ4n) is 1.33. The van der Waals surface area contributed by atoms with Gasteiger partial charge in [-0.1, -0.05) is 15.9 Å². The third-order valence-electron chi connectivity index (χ3n) is 2.19. The lowest BCUT2D eigenvalue weighted by atomic mass is 10.2. The van der Waals surface area contributed by atoms with Gasteiger partial charge in [-0.3, -0.25) is 9.78 Å². The minimum absolute atomic E-state index is 0.233. The molecule has 0 spiro atoms. The topological polar surface area (TPSA) is 68.0 Å². The highest BCUT2D eigenvalue weighted by molar-refractivity contribution is 9.10. The van der Waals surface area contributed by atoms with E-state index in [1.165, 1.54) is 6.20 Å². The van der Waals surface area contributed by atoms with E-state index in [-0.39, 0.29) is 5.91 Å². The molecule has 4 nitrogen and oxygen atoms in total. The maximum atomic E-state index is 11.9. The van der Waals surface area contributed by atoms with Crippen molar-refractivity contribution >= 4 is 33.2 Å². The van der Waals surface area contributed by atoms with Gasteiger partial charge in [0.1, 0.15) is 0 Å². The molecule has 5 heteroatoms. The number of benzene rings is 1. The number of rotatable bonds is 2. The van der Waals surface area contributed by atoms with Crippen molar-refractivity contribution in [2.24, 2.45) is 0 Å². The van der Waals surface area contributed by atoms with Gasteiger partial charge in [0.2, 0.25) is 0 Å². The summed E-state index contributed by atoms with van der Waals surface area (Å²) in [7, 11) is 0. The van der Waals surface area contributed by atoms with Gasteiger partial charge in [0.05, 0.1) is 16.9 Å². The van der Waals surface area contributed by atoms with Gasteiger partial charge in [-0.2, -0.15) is 0 Å². The average Bonchev–Trinajstić information content (AvgIpc) is 2.35. The van der Waals surface area contributed by atoms with Gasteiger partial charge < -0.3 is 11.1 Å². The van der Waals surface area contributed by atoms with Crippen molar-refractivity contribution in [1.29, 1.82) is 0 Å². The molecule has 0 aliphatic carbocycles. The second-order valence-electron chi connectivity index (χ2n) is 3.43. The summed E-state index contributed by atoms with van der Waals surface area (Å²) in [6.45, 7) is 0. The summed E-state index contributed by atoms with van der Waals surface area (Å²) >= 11 is 3.32. The van der Waals surface area contributed by atoms with Crippen LogP contribution in [0.3, 0.4) is 0 Å². The number of carbonyl (C=O) groups is 1. The molecule has 0 atom stereocenters. The molecule has 0 unspecified atom stereocenters. The Bertz CT molecular complexity index is 543. The lowest BCUT2D eigenvalue weighted by Gasteiger charge is -2.08. The molecule has 17 heavy (non-hydrogen) atoms. The van der Waals surface area contributed by atoms with Crippen molar-refractivity contribution in [2.45, 2.75) is 0 Å². The molecule has 1 amide bonds. The maximum absolute atomic E-state index is 11.9. The lowest BCUT2D eigenvalue weighted by Crippen LogP contribution is -2.13. The van der Waals surface area contributed by atoms with Crippen molar-refractivity contribution in [3.8, 4) is 0 Å². The number of hydrogen-bond acceptors (Lipinski definition) is 3. The Kier molecular flexibility index (Phi) is 3.39. The summed E-state index contributed by atoms with van der Waals surface area (Å²) in [5, 5.41) is 2.73. The molecule has 2 aromatic rings. The van der Waals surface area contributed by atoms with E-state index < -0.39 is 0 Å². The second kappa shape index (κ2) is 4.97. The number of halogens is 1. The van der Waals surface area contributed by atoms with Crippen molar-refractivity contribution in [3.05, 3.63) is 52.8 Å². The van der Waals surface area contributed by atoms with Gasteiger partial charge in [0.25, 0.3) is 5.91 Å². The summed E-state index contributed by atoms with van der Waals surface area (Å²) in [5.41, 5.74) is 7.35. The molecule has 0 fully saturated rings. The van der Waals surface area contributed by atoms with Crippen LogP contribution in [0.4, 0.5) is 11.4 Å². The van der Waals surface area contributed by atoms with Crippen LogP contribution in [0.5, 0.6) is 0 Å². The fraction of sp³-hybridized carbons (Fsp3) is 0. The highest BCUT2D eigenvalue weighted by atomic mass is 79.9. The SMILES string of the molecule is Nc1ccc(Br)cc1NC(=O)c1cccnc1. The van der Waals surface area contributed by atoms with Crippen LogP contribution in [-0.4, -0.2) is 10.9 Å². The fourth-order valence-corrected chi connectivity index (χ4v) is 1.69. The van der Waals surface area contributed by atoms with Gasteiger partial charge in [-0.15, -0.1) is 0 Å². The Morgan fingerprint density at radius 3 is 2.88 bits per heavy atom. The van der Waals surface area contributed by atoms with E-state index in [2.05, 4.69) is 26.2 Å². The molecule has 0 saturated heterocycles. The third-order valence-corrected chi connectivity index (χ3v) is 2.68. The average molecular weight is 292 g/mol. The molecule has 2 rings (SSSR count). The number of nitrogens with one attached hydrogen (secondary N) is 1. The summed E-state index contributed by atoms with van der Waals surface area (Å²) < 4.78 is 0.855. The summed E-state index contributed by atoms with van der Waals surface area (Å²) in [6, 6.07) is 8.69. The number of nitrogens with zero attached hydrogens (tertiary/aromatic N) is 1. The van der Waals surface area contributed by atoms with Crippen LogP contribution in [0.2, 0.25) is 0 Å². The Labute approximate surface area is 107 Å². The zero-order chi connectivity index (χ0) is 12.3. The standard InChI is InChI=1S/C12H10BrN3O/c13-9-3-4-10(14)11(6-9)16-12(17)8-2-1-5-15-7-8/h1-7H,14H2,(H,16,17). The minimum atomic E-state index is -0.233. The summed E-state index contributed by atoms with van der Waals surface area (Å²) in [6.07, 6.45) is 3.12. The van der Waals surface area contributed by atoms with E-state index in [4.69, 9.17) is 5.73 Å². The first-order valence-corrected chi connectivity index (χ1v) is 5.72. The van der Waals surface area contributed by atoms with Crippen LogP contribution < -0.4 is 11.1 Å². The molecule has 0 saturated carbocycles. The maximum Gasteiger partial charge on any atom is 0.257 e. The largest absolute Gasteiger partial charge is 0.397 e. The monoisotopic (exact) mass is 291 g/mol. The van der Waals surface area contributed by atoms with Crippen LogP contribution in [-0.2, 0) is 0 Å². The first kappa shape index (κ1) is 11.6. The lowest BCUT2D eigenvalue weighted by molar-refractivity contribution is 0.102. The molecule has 0 bridgehead atoms. The number of hydrogen-bond donors (Lipinski definition) is 2. The van der Waals surface area contributed by atoms with Gasteiger partial charge in [0, 0.05) is 16.9 Å². The second-order valence-corrected chi connectivity index (χ2v) is 4.34. The van der Waals surface area contributed by atoms with Gasteiger partial charge in [0.15, 0.2) is 0 Å². The molecule has 86 valence electrons. The zero-order valence-corrected chi connectivity index (χ0v) is 10.4. The van der Waals surface area contributed by atoms with Gasteiger partial charge in [-0.05, 0) is 30.3 Å². The molecule has 0 aliphatic rings. The number of nitrogens with two attached hydrogens (primary N) is 1. The first-order valence-electron chi connectivity index (χ1n) is 4.93. The molecule has 1 heterocycles. The molecule has 0 aliphatic heterocycles. The highest BCUT2D eigenvalue weighted by Gasteiger charge is 2.07. The number of pyridine rings is 1. The quantitative estimate of drug-likeness (QED) is 0.836. The van der Waals surface area contributed by atoms with Crippen molar-refractivity contribution in [1.82, 2.24) is 4.98 Å². The molecule has 3 N–H and O–H groups in total. The van der Waals surface area contributed by atoms with Crippen molar-refractivity contribution in [3.63, 3.8) is 0 Å². The van der Waals surface area contributed by atoms with Crippen LogP contribution in [0.1, 0.15) is 10.4 Å². The molecule has 1 aromatic heterocycles. The van der Waals surface area contributed by atoms with E-state index in [0.29, 0.717) is 16.9 Å². The van der Waals surface area contributed by atoms with E-state index in [1.54, 1.807) is 30.5 Å². The predicted molar refractivity (Wildman–Crippen MR) is 70.7 cm³/mol. The van der Waals surface area contributed by atoms with Crippen LogP contribution in [0, 0.1) is 0 Å². The smallest absolute Gasteiger partial charge is 0.257 e. The summed E-state index contributed by atoms with van der Waals surface area (Å²) in [4.78, 5) is 15.7. The van der Waals surface area contributed by atoms with E-state index in [1.807, 2.05) is 6.07 Å². The van der Waals surface area contributed by atoms with Crippen molar-refractivity contribution < 1.29 is 4.79 Å². The normalized spacial score (nSPS) is 9.94. The Morgan fingerprint density at radius 1 is 1.35 bits per heavy atom. The van der Waals surface area contributed by atoms with Crippen molar-refractivity contribution in [2.75, 3.05) is 11.1 Å². The molecule has 0 radical (unpaired) electrons. The Hall–Kier alpha value is -1.88. The zero-order valence-electron chi connectivity index (χ0n) is 8.85. The van der Waals surface area contributed by atoms with Gasteiger partial charge in [-0.25, -0.2) is 0 Å². The number of anilines is 2. The predicted octanol–water partition coefficient (Wildman–Crippen LogP) is 2.68. The van der Waals surface area contributed by atoms with Crippen LogP contribution in [0.15, 0.2) is 47.2 Å². The number of carbonyl (C=O) groups excluding carboxylic acids is 1. The van der Waals surface area contributed by atoms with Crippen LogP contribution in [0.25, 0.3) is 0 Å². The van der Waals surface area contributed by atoms with E-state index in [0.717, 1.165) is 4.47 Å². The van der Waals surface area contributed by atoms with Gasteiger partial charge >= 0.3 is 0 Å². The highest BCUT2D eigenvalue weighted by Crippen LogP contribution is 2.23. The number of nitrogen functional groups attached to an aromatic ring is 1. The number of aromatic nitrogens is 1. The van der Waals surface area contributed by atoms with E-state index in [9.17, 15) is 4.79 Å². The molecular weight excluding hydrogens is 282 g/mol. The first-order chi connectivity index (χ1) is 8.16. The summed E-state index contributed by atoms with van der Waals surface area (Å²) in [5.74, 6) is -0.233. The molecule has 1 aromatic carbocycles. The number of amides is 1. The van der Waals surface area contributed by atoms with E-state index >= 15 is 0 Å². The Balaban J connectivity index is 2.22. The van der Waals surface area contributed by atoms with Crippen LogP contribution >= 0.6 is 15.9 Å². The Morgan fingerprint density at radius 2 is 2.18 bits per heavy atom.